The van der Waals surface area contributed by atoms with Gasteiger partial charge in [0.05, 0.1) is 39.7 Å². The van der Waals surface area contributed by atoms with Crippen LogP contribution in [0, 0.1) is 5.41 Å². The Hall–Kier alpha value is -8.15. The summed E-state index contributed by atoms with van der Waals surface area (Å²) >= 11 is 0. The van der Waals surface area contributed by atoms with E-state index in [1.54, 1.807) is 0 Å². The largest absolute Gasteiger partial charge is 0.312 e. The molecule has 5 nitrogen and oxygen atoms in total. The predicted molar refractivity (Wildman–Crippen MR) is 294 cm³/mol. The van der Waals surface area contributed by atoms with Crippen LogP contribution >= 0.6 is 0 Å². The number of fused-ring (bicyclic) bond motifs is 14. The van der Waals surface area contributed by atoms with Crippen molar-refractivity contribution in [1.29, 1.82) is 5.41 Å². The first kappa shape index (κ1) is 45.0. The average Bonchev–Trinajstić information content (AvgIpc) is 3.67. The second-order valence-electron chi connectivity index (χ2n) is 16.4. The molecule has 336 valence electrons. The first-order chi connectivity index (χ1) is 33.6. The van der Waals surface area contributed by atoms with Gasteiger partial charge in [0, 0.05) is 73.2 Å². The van der Waals surface area contributed by atoms with Crippen LogP contribution in [0.4, 0.5) is 28.4 Å². The van der Waals surface area contributed by atoms with Crippen LogP contribution < -0.4 is 9.80 Å². The van der Waals surface area contributed by atoms with E-state index in [-0.39, 0.29) is 0 Å². The highest BCUT2D eigenvalue weighted by Gasteiger charge is 2.35. The molecule has 3 aliphatic rings. The molecule has 0 spiro atoms. The molecular weight excluding hydrogens is 827 g/mol. The van der Waals surface area contributed by atoms with E-state index >= 15 is 0 Å². The molecule has 1 aliphatic carbocycles. The molecule has 0 radical (unpaired) electrons. The lowest BCUT2D eigenvalue weighted by Gasteiger charge is -2.28. The Labute approximate surface area is 402 Å². The molecule has 0 saturated carbocycles. The maximum Gasteiger partial charge on any atom is 0.131 e. The fourth-order valence-electron chi connectivity index (χ4n) is 10.3. The van der Waals surface area contributed by atoms with E-state index in [4.69, 9.17) is 0 Å². The number of nitrogens with one attached hydrogen (secondary N) is 1. The van der Waals surface area contributed by atoms with Crippen LogP contribution in [-0.4, -0.2) is 15.0 Å². The van der Waals surface area contributed by atoms with E-state index in [0.717, 1.165) is 104 Å². The molecule has 2 aliphatic heterocycles. The molecule has 0 amide bonds. The molecule has 8 aromatic rings. The van der Waals surface area contributed by atoms with Gasteiger partial charge in [-0.05, 0) is 86.9 Å². The highest BCUT2D eigenvalue weighted by atomic mass is 15.2. The Morgan fingerprint density at radius 1 is 0.588 bits per heavy atom. The van der Waals surface area contributed by atoms with Crippen LogP contribution in [0.5, 0.6) is 0 Å². The minimum absolute atomic E-state index is 0.344. The van der Waals surface area contributed by atoms with Crippen LogP contribution in [0.15, 0.2) is 213 Å². The van der Waals surface area contributed by atoms with Gasteiger partial charge >= 0.3 is 0 Å². The van der Waals surface area contributed by atoms with E-state index < -0.39 is 0 Å². The minimum atomic E-state index is 0.344. The minimum Gasteiger partial charge on any atom is -0.312 e. The number of anilines is 5. The van der Waals surface area contributed by atoms with Gasteiger partial charge in [-0.15, -0.1) is 0 Å². The third-order valence-corrected chi connectivity index (χ3v) is 12.8. The summed E-state index contributed by atoms with van der Waals surface area (Å²) in [5, 5.41) is 11.5. The molecule has 0 atom stereocenters. The third kappa shape index (κ3) is 7.41. The summed E-state index contributed by atoms with van der Waals surface area (Å²) < 4.78 is 4.58. The summed E-state index contributed by atoms with van der Waals surface area (Å²) in [4.78, 5) is 4.72. The average molecular weight is 886 g/mol. The van der Waals surface area contributed by atoms with Gasteiger partial charge in [0.2, 0.25) is 0 Å². The first-order valence-electron chi connectivity index (χ1n) is 24.1. The van der Waals surface area contributed by atoms with Crippen molar-refractivity contribution in [3.05, 3.63) is 224 Å². The van der Waals surface area contributed by atoms with Crippen LogP contribution in [0.3, 0.4) is 0 Å². The normalized spacial score (nSPS) is 13.4. The summed E-state index contributed by atoms with van der Waals surface area (Å²) in [6.07, 6.45) is 19.6. The molecule has 1 N–H and O–H groups in total. The van der Waals surface area contributed by atoms with Gasteiger partial charge in [-0.2, -0.15) is 0 Å². The van der Waals surface area contributed by atoms with Crippen LogP contribution in [0.25, 0.3) is 67.4 Å². The second-order valence-corrected chi connectivity index (χ2v) is 16.4. The highest BCUT2D eigenvalue weighted by molar-refractivity contribution is 6.18. The Morgan fingerprint density at radius 2 is 1.13 bits per heavy atom. The van der Waals surface area contributed by atoms with Gasteiger partial charge < -0.3 is 14.4 Å². The number of rotatable bonds is 7. The number of allylic oxidation sites excluding steroid dienone is 8. The summed E-state index contributed by atoms with van der Waals surface area (Å²) in [6.45, 7) is 18.6. The number of nitrogens with zero attached hydrogens (tertiary/aromatic N) is 4. The zero-order valence-electron chi connectivity index (χ0n) is 39.9. The van der Waals surface area contributed by atoms with Gasteiger partial charge in [-0.1, -0.05) is 174 Å². The monoisotopic (exact) mass is 885 g/mol. The van der Waals surface area contributed by atoms with Crippen molar-refractivity contribution in [2.45, 2.75) is 53.9 Å². The van der Waals surface area contributed by atoms with Crippen molar-refractivity contribution < 1.29 is 0 Å². The van der Waals surface area contributed by atoms with E-state index in [2.05, 4.69) is 214 Å². The van der Waals surface area contributed by atoms with Crippen LogP contribution in [-0.2, 0) is 6.42 Å². The van der Waals surface area contributed by atoms with E-state index in [0.29, 0.717) is 5.84 Å². The van der Waals surface area contributed by atoms with Gasteiger partial charge in [0.15, 0.2) is 0 Å². The predicted octanol–water partition coefficient (Wildman–Crippen LogP) is 17.9. The molecule has 5 heteroatoms. The molecule has 6 aromatic carbocycles. The fourth-order valence-corrected chi connectivity index (χ4v) is 10.3. The lowest BCUT2D eigenvalue weighted by atomic mass is 9.96. The Bertz CT molecular complexity index is 3330. The molecule has 0 unspecified atom stereocenters. The zero-order chi connectivity index (χ0) is 47.3. The lowest BCUT2D eigenvalue weighted by molar-refractivity contribution is 0.809. The molecule has 2 aromatic heterocycles. The number of benzene rings is 6. The summed E-state index contributed by atoms with van der Waals surface area (Å²) in [5.41, 5.74) is 19.5. The van der Waals surface area contributed by atoms with Crippen molar-refractivity contribution in [3.8, 4) is 44.8 Å². The standard InChI is InChI=1S/C59H47N5.2C2H6/c1-4-23-41(24-5-2)61-49-34-18-14-29-44(49)57-46-30-15-20-36-52(46)64(59(57)48-32-17-22-38-54(48)61)55(60)39-40(6-3)63-51-33-12-8-11-27-45(51)56-43-28-13-19-35-50(43)62(42-25-9-7-10-26-42)53-37-21-16-31-47(53)58(56)63;2*1-2/h4-7,9-11,13-32,34-39,60H,1,3,8,12,33H2,2H3;2*1-2H3/b24-5-,40-39+,41-23+,60-55?;;. The van der Waals surface area contributed by atoms with Crippen molar-refractivity contribution in [1.82, 2.24) is 9.13 Å². The maximum atomic E-state index is 10.4. The van der Waals surface area contributed by atoms with Crippen molar-refractivity contribution >= 4 is 56.9 Å². The van der Waals surface area contributed by atoms with E-state index in [1.165, 1.54) is 22.4 Å². The molecule has 0 bridgehead atoms. The highest BCUT2D eigenvalue weighted by Crippen LogP contribution is 2.56. The summed E-state index contributed by atoms with van der Waals surface area (Å²) in [7, 11) is 0. The molecule has 11 rings (SSSR count). The van der Waals surface area contributed by atoms with Gasteiger partial charge in [-0.25, -0.2) is 0 Å². The fraction of sp³-hybridized carbons (Fsp3) is 0.127. The first-order valence-corrected chi connectivity index (χ1v) is 24.1. The lowest BCUT2D eigenvalue weighted by Crippen LogP contribution is -2.16. The van der Waals surface area contributed by atoms with Crippen molar-refractivity contribution in [2.75, 3.05) is 9.80 Å². The second kappa shape index (κ2) is 19.8. The van der Waals surface area contributed by atoms with Crippen LogP contribution in [0.2, 0.25) is 0 Å². The molecule has 0 saturated heterocycles. The van der Waals surface area contributed by atoms with E-state index in [9.17, 15) is 5.41 Å². The number of hydrogen-bond donors (Lipinski definition) is 1. The Balaban J connectivity index is 0.00000141. The van der Waals surface area contributed by atoms with Gasteiger partial charge in [0.25, 0.3) is 0 Å². The topological polar surface area (TPSA) is 40.2 Å². The summed E-state index contributed by atoms with van der Waals surface area (Å²) in [5.74, 6) is 0.344. The molecular formula is C63H59N5. The molecule has 0 fully saturated rings. The zero-order valence-corrected chi connectivity index (χ0v) is 39.9. The molecule has 68 heavy (non-hydrogen) atoms. The van der Waals surface area contributed by atoms with Crippen molar-refractivity contribution in [3.63, 3.8) is 0 Å². The number of hydrogen-bond acceptors (Lipinski definition) is 3. The number of aromatic nitrogens is 2. The smallest absolute Gasteiger partial charge is 0.131 e. The maximum absolute atomic E-state index is 10.4. The summed E-state index contributed by atoms with van der Waals surface area (Å²) in [6, 6.07) is 54.0. The Kier molecular flexibility index (Phi) is 13.1. The van der Waals surface area contributed by atoms with Crippen LogP contribution in [0.1, 0.15) is 58.7 Å². The van der Waals surface area contributed by atoms with Gasteiger partial charge in [0.1, 0.15) is 5.84 Å². The molecule has 4 heterocycles. The van der Waals surface area contributed by atoms with Crippen molar-refractivity contribution in [2.24, 2.45) is 0 Å². The van der Waals surface area contributed by atoms with Gasteiger partial charge in [-0.3, -0.25) is 9.98 Å². The quantitative estimate of drug-likeness (QED) is 0.0984. The number of para-hydroxylation sites is 6. The SMILES string of the molecule is C=C/C=C(\C=C/C)N1c2ccccc2-c2c(n(C(=N)/C=C(\C=C)n3c4c(c5c3-c3ccccc3N(c3ccccc3)c3ccccc3-5)C=CCCC4)c3ccccc23)-c2ccccc21.CC.CC. The van der Waals surface area contributed by atoms with E-state index in [1.807, 2.05) is 52.8 Å². The third-order valence-electron chi connectivity index (χ3n) is 12.8. The Morgan fingerprint density at radius 3 is 1.79 bits per heavy atom.